The number of halogens is 2. The van der Waals surface area contributed by atoms with Crippen LogP contribution in [0.3, 0.4) is 0 Å². The van der Waals surface area contributed by atoms with Crippen LogP contribution in [-0.4, -0.2) is 45.9 Å². The van der Waals surface area contributed by atoms with Crippen LogP contribution in [0.15, 0.2) is 58.5 Å². The van der Waals surface area contributed by atoms with Crippen molar-refractivity contribution in [1.29, 1.82) is 0 Å². The molecule has 0 spiro atoms. The van der Waals surface area contributed by atoms with Crippen molar-refractivity contribution >= 4 is 17.7 Å². The maximum atomic E-state index is 13.7. The number of thioether (sulfide) groups is 1. The number of nitrogens with zero attached hydrogens (tertiary/aromatic N) is 1. The Balaban J connectivity index is 1.75. The van der Waals surface area contributed by atoms with Gasteiger partial charge in [0.25, 0.3) is 11.5 Å². The lowest BCUT2D eigenvalue weighted by atomic mass is 10.00. The van der Waals surface area contributed by atoms with Crippen molar-refractivity contribution in [3.05, 3.63) is 92.9 Å². The lowest BCUT2D eigenvalue weighted by Gasteiger charge is -2.25. The van der Waals surface area contributed by atoms with Gasteiger partial charge in [0.2, 0.25) is 0 Å². The van der Waals surface area contributed by atoms with Gasteiger partial charge in [-0.05, 0) is 47.9 Å². The normalized spacial score (nSPS) is 12.8. The van der Waals surface area contributed by atoms with Crippen molar-refractivity contribution in [2.24, 2.45) is 0 Å². The van der Waals surface area contributed by atoms with Crippen LogP contribution in [0, 0.1) is 11.6 Å². The van der Waals surface area contributed by atoms with Gasteiger partial charge in [0.05, 0.1) is 12.1 Å². The molecule has 4 N–H and O–H groups in total. The molecule has 3 aromatic rings. The average molecular weight is 503 g/mol. The Labute approximate surface area is 206 Å². The van der Waals surface area contributed by atoms with Gasteiger partial charge in [-0.1, -0.05) is 43.0 Å². The summed E-state index contributed by atoms with van der Waals surface area (Å²) in [5.74, 6) is -2.19. The largest absolute Gasteiger partial charge is 0.390 e. The van der Waals surface area contributed by atoms with E-state index in [4.69, 9.17) is 0 Å². The summed E-state index contributed by atoms with van der Waals surface area (Å²) in [6.45, 7) is 2.67. The van der Waals surface area contributed by atoms with Gasteiger partial charge in [0.15, 0.2) is 5.16 Å². The van der Waals surface area contributed by atoms with Gasteiger partial charge < -0.3 is 20.7 Å². The number of benzene rings is 2. The van der Waals surface area contributed by atoms with Gasteiger partial charge in [-0.2, -0.15) is 0 Å². The monoisotopic (exact) mass is 502 g/mol. The van der Waals surface area contributed by atoms with Crippen LogP contribution >= 0.6 is 11.8 Å². The van der Waals surface area contributed by atoms with Crippen LogP contribution in [0.1, 0.15) is 34.1 Å². The molecule has 0 saturated carbocycles. The van der Waals surface area contributed by atoms with E-state index in [2.05, 4.69) is 33.6 Å². The molecule has 3 rings (SSSR count). The number of aliphatic hydroxyl groups is 1. The fourth-order valence-corrected chi connectivity index (χ4v) is 4.02. The molecule has 0 aliphatic carbocycles. The molecule has 35 heavy (non-hydrogen) atoms. The molecule has 0 aliphatic heterocycles. The number of carbonyl (C=O) groups is 1. The molecule has 2 atom stereocenters. The number of aryl methyl sites for hydroxylation is 1. The Morgan fingerprint density at radius 3 is 2.51 bits per heavy atom. The van der Waals surface area contributed by atoms with E-state index in [1.807, 2.05) is 18.2 Å². The number of hydrogen-bond donors (Lipinski definition) is 4. The fraction of sp³-hybridized carbons (Fsp3) is 0.320. The summed E-state index contributed by atoms with van der Waals surface area (Å²) in [4.78, 5) is 31.3. The molecule has 1 heterocycles. The molecule has 0 unspecified atom stereocenters. The van der Waals surface area contributed by atoms with Gasteiger partial charge in [0.1, 0.15) is 17.3 Å². The molecule has 2 aromatic carbocycles. The van der Waals surface area contributed by atoms with Gasteiger partial charge in [-0.3, -0.25) is 9.59 Å². The minimum absolute atomic E-state index is 0.0346. The highest BCUT2D eigenvalue weighted by molar-refractivity contribution is 7.98. The molecule has 0 saturated heterocycles. The van der Waals surface area contributed by atoms with Crippen LogP contribution in [0.25, 0.3) is 0 Å². The number of H-pyrrole nitrogens is 1. The highest BCUT2D eigenvalue weighted by Crippen LogP contribution is 2.13. The number of rotatable bonds is 11. The minimum atomic E-state index is -1.10. The molecule has 1 amide bonds. The Bertz CT molecular complexity index is 1200. The first kappa shape index (κ1) is 26.5. The third kappa shape index (κ3) is 7.98. The first-order chi connectivity index (χ1) is 16.8. The predicted octanol–water partition coefficient (Wildman–Crippen LogP) is 2.82. The average Bonchev–Trinajstić information content (AvgIpc) is 2.82. The molecule has 0 aliphatic rings. The number of aromatic amines is 1. The van der Waals surface area contributed by atoms with Crippen LogP contribution in [0.5, 0.6) is 0 Å². The summed E-state index contributed by atoms with van der Waals surface area (Å²) in [6.07, 6.45) is 1.48. The third-order valence-corrected chi connectivity index (χ3v) is 5.97. The molecule has 0 bridgehead atoms. The number of aromatic nitrogens is 2. The Kier molecular flexibility index (Phi) is 9.53. The zero-order valence-corrected chi connectivity index (χ0v) is 20.3. The van der Waals surface area contributed by atoms with Crippen molar-refractivity contribution in [3.63, 3.8) is 0 Å². The summed E-state index contributed by atoms with van der Waals surface area (Å²) in [6, 6.07) is 11.2. The van der Waals surface area contributed by atoms with Gasteiger partial charge in [0, 0.05) is 25.2 Å². The Hall–Kier alpha value is -3.08. The maximum absolute atomic E-state index is 13.7. The predicted molar refractivity (Wildman–Crippen MR) is 131 cm³/mol. The lowest BCUT2D eigenvalue weighted by Crippen LogP contribution is -2.49. The van der Waals surface area contributed by atoms with E-state index in [1.165, 1.54) is 17.3 Å². The molecule has 1 aromatic heterocycles. The second-order valence-electron chi connectivity index (χ2n) is 8.07. The van der Waals surface area contributed by atoms with E-state index >= 15 is 0 Å². The number of hydrogen-bond acceptors (Lipinski definition) is 6. The Morgan fingerprint density at radius 2 is 1.83 bits per heavy atom. The van der Waals surface area contributed by atoms with Crippen molar-refractivity contribution in [3.8, 4) is 0 Å². The highest BCUT2D eigenvalue weighted by Gasteiger charge is 2.24. The SMILES string of the molecule is CCc1cccc(CNC[C@@H](O)[C@H](Cc2cc(F)cc(F)c2)NC(=O)c2cc(=O)[nH]c(SC)n2)c1. The summed E-state index contributed by atoms with van der Waals surface area (Å²) in [5, 5.41) is 17.0. The van der Waals surface area contributed by atoms with E-state index in [-0.39, 0.29) is 29.4 Å². The maximum Gasteiger partial charge on any atom is 0.270 e. The molecule has 0 fully saturated rings. The van der Waals surface area contributed by atoms with Crippen LogP contribution in [0.2, 0.25) is 0 Å². The fourth-order valence-electron chi connectivity index (χ4n) is 3.62. The van der Waals surface area contributed by atoms with E-state index in [9.17, 15) is 23.5 Å². The molecular formula is C25H28F2N4O3S. The molecule has 10 heteroatoms. The number of amides is 1. The van der Waals surface area contributed by atoms with Gasteiger partial charge in [-0.25, -0.2) is 13.8 Å². The summed E-state index contributed by atoms with van der Waals surface area (Å²) in [7, 11) is 0. The summed E-state index contributed by atoms with van der Waals surface area (Å²) in [5.41, 5.74) is 1.89. The zero-order valence-electron chi connectivity index (χ0n) is 19.5. The van der Waals surface area contributed by atoms with Crippen LogP contribution < -0.4 is 16.2 Å². The molecule has 186 valence electrons. The second-order valence-corrected chi connectivity index (χ2v) is 8.87. The van der Waals surface area contributed by atoms with Crippen molar-refractivity contribution in [2.75, 3.05) is 12.8 Å². The molecule has 7 nitrogen and oxygen atoms in total. The number of aliphatic hydroxyl groups excluding tert-OH is 1. The summed E-state index contributed by atoms with van der Waals surface area (Å²) < 4.78 is 27.5. The van der Waals surface area contributed by atoms with Crippen molar-refractivity contribution in [1.82, 2.24) is 20.6 Å². The van der Waals surface area contributed by atoms with E-state index in [0.717, 1.165) is 36.2 Å². The molecular weight excluding hydrogens is 474 g/mol. The minimum Gasteiger partial charge on any atom is -0.390 e. The van der Waals surface area contributed by atoms with E-state index in [0.29, 0.717) is 6.54 Å². The standard InChI is InChI=1S/C25H28F2N4O3S/c1-3-15-5-4-6-16(7-15)13-28-14-22(32)20(10-17-8-18(26)11-19(27)9-17)29-24(34)21-12-23(33)31-25(30-21)35-2/h4-9,11-12,20,22,28,32H,3,10,13-14H2,1-2H3,(H,29,34)(H,30,31,33)/t20-,22+/m0/s1. The molecule has 0 radical (unpaired) electrons. The van der Waals surface area contributed by atoms with Crippen LogP contribution in [0.4, 0.5) is 8.78 Å². The lowest BCUT2D eigenvalue weighted by molar-refractivity contribution is 0.0824. The topological polar surface area (TPSA) is 107 Å². The first-order valence-corrected chi connectivity index (χ1v) is 12.4. The van der Waals surface area contributed by atoms with Crippen LogP contribution in [-0.2, 0) is 19.4 Å². The first-order valence-electron chi connectivity index (χ1n) is 11.1. The second kappa shape index (κ2) is 12.6. The Morgan fingerprint density at radius 1 is 1.11 bits per heavy atom. The van der Waals surface area contributed by atoms with E-state index < -0.39 is 35.2 Å². The van der Waals surface area contributed by atoms with Gasteiger partial charge >= 0.3 is 0 Å². The summed E-state index contributed by atoms with van der Waals surface area (Å²) >= 11 is 1.17. The number of nitrogens with one attached hydrogen (secondary N) is 3. The van der Waals surface area contributed by atoms with Gasteiger partial charge in [-0.15, -0.1) is 0 Å². The highest BCUT2D eigenvalue weighted by atomic mass is 32.2. The quantitative estimate of drug-likeness (QED) is 0.237. The third-order valence-electron chi connectivity index (χ3n) is 5.39. The van der Waals surface area contributed by atoms with Crippen molar-refractivity contribution in [2.45, 2.75) is 43.6 Å². The smallest absolute Gasteiger partial charge is 0.270 e. The number of carbonyl (C=O) groups excluding carboxylic acids is 1. The van der Waals surface area contributed by atoms with E-state index in [1.54, 1.807) is 6.26 Å². The zero-order chi connectivity index (χ0) is 25.4. The van der Waals surface area contributed by atoms with Crippen molar-refractivity contribution < 1.29 is 18.7 Å².